The number of hydrogen-bond acceptors (Lipinski definition) is 5. The number of rotatable bonds is 4. The fourth-order valence-electron chi connectivity index (χ4n) is 3.44. The molecule has 2 fully saturated rings. The number of carbonyl (C=O) groups excluding carboxylic acids is 1. The summed E-state index contributed by atoms with van der Waals surface area (Å²) in [6, 6.07) is -0.471. The molecule has 2 aliphatic heterocycles. The van der Waals surface area contributed by atoms with Crippen molar-refractivity contribution >= 4 is 15.7 Å². The van der Waals surface area contributed by atoms with E-state index >= 15 is 0 Å². The Morgan fingerprint density at radius 3 is 2.79 bits per heavy atom. The van der Waals surface area contributed by atoms with Gasteiger partial charge in [-0.1, -0.05) is 6.92 Å². The number of nitrogens with zero attached hydrogens (tertiary/aromatic N) is 3. The van der Waals surface area contributed by atoms with Gasteiger partial charge in [0.25, 0.3) is 5.91 Å². The van der Waals surface area contributed by atoms with Crippen LogP contribution in [-0.2, 0) is 25.9 Å². The molecule has 8 heteroatoms. The molecule has 0 bridgehead atoms. The summed E-state index contributed by atoms with van der Waals surface area (Å²) in [6.45, 7) is 4.94. The topological polar surface area (TPSA) is 81.5 Å². The Kier molecular flexibility index (Phi) is 4.96. The lowest BCUT2D eigenvalue weighted by Gasteiger charge is -2.36. The Labute approximate surface area is 142 Å². The summed E-state index contributed by atoms with van der Waals surface area (Å²) >= 11 is 0. The second kappa shape index (κ2) is 6.84. The molecule has 2 aliphatic rings. The van der Waals surface area contributed by atoms with Crippen molar-refractivity contribution in [1.29, 1.82) is 0 Å². The van der Waals surface area contributed by atoms with Gasteiger partial charge in [0.1, 0.15) is 6.10 Å². The van der Waals surface area contributed by atoms with Crippen LogP contribution in [0.5, 0.6) is 0 Å². The van der Waals surface area contributed by atoms with Crippen molar-refractivity contribution in [2.24, 2.45) is 0 Å². The molecule has 134 valence electrons. The molecule has 1 amide bonds. The molecule has 3 atom stereocenters. The maximum Gasteiger partial charge on any atom is 0.252 e. The molecule has 0 N–H and O–H groups in total. The van der Waals surface area contributed by atoms with Crippen molar-refractivity contribution in [1.82, 2.24) is 14.7 Å². The number of hydrogen-bond donors (Lipinski definition) is 0. The van der Waals surface area contributed by atoms with Crippen molar-refractivity contribution in [3.05, 3.63) is 18.0 Å². The number of ether oxygens (including phenoxy) is 1. The highest BCUT2D eigenvalue weighted by Crippen LogP contribution is 2.30. The van der Waals surface area contributed by atoms with Crippen LogP contribution in [0.2, 0.25) is 0 Å². The minimum atomic E-state index is -3.15. The van der Waals surface area contributed by atoms with E-state index in [4.69, 9.17) is 4.74 Å². The van der Waals surface area contributed by atoms with Crippen LogP contribution in [0.4, 0.5) is 0 Å². The second-order valence-corrected chi connectivity index (χ2v) is 8.75. The Morgan fingerprint density at radius 1 is 1.38 bits per heavy atom. The molecule has 1 aromatic rings. The summed E-state index contributed by atoms with van der Waals surface area (Å²) in [4.78, 5) is 14.6. The first-order chi connectivity index (χ1) is 11.4. The van der Waals surface area contributed by atoms with Gasteiger partial charge in [0, 0.05) is 24.8 Å². The molecule has 7 nitrogen and oxygen atoms in total. The number of aromatic nitrogens is 2. The minimum Gasteiger partial charge on any atom is -0.365 e. The normalized spacial score (nSPS) is 29.8. The van der Waals surface area contributed by atoms with Crippen LogP contribution >= 0.6 is 0 Å². The molecule has 0 radical (unpaired) electrons. The summed E-state index contributed by atoms with van der Waals surface area (Å²) in [5, 5.41) is 4.23. The third kappa shape index (κ3) is 3.49. The van der Waals surface area contributed by atoms with E-state index in [0.717, 1.165) is 18.4 Å². The van der Waals surface area contributed by atoms with E-state index in [0.29, 0.717) is 13.0 Å². The first kappa shape index (κ1) is 17.4. The number of sulfone groups is 1. The molecule has 3 rings (SSSR count). The average molecular weight is 355 g/mol. The maximum absolute atomic E-state index is 12.9. The van der Waals surface area contributed by atoms with E-state index in [1.807, 2.05) is 20.0 Å². The standard InChI is InChI=1S/C16H25N3O4S/c1-3-13-5-6-15(23-13)16(20)19-7-8-24(21,22)11-14(19)12-9-17-18(4-2)10-12/h9-10,13-15H,3-8,11H2,1-2H3/t13-,14+,15+/m1/s1. The van der Waals surface area contributed by atoms with Crippen molar-refractivity contribution in [3.63, 3.8) is 0 Å². The predicted octanol–water partition coefficient (Wildman–Crippen LogP) is 1.16. The molecule has 0 aliphatic carbocycles. The van der Waals surface area contributed by atoms with Gasteiger partial charge in [0.05, 0.1) is 29.8 Å². The largest absolute Gasteiger partial charge is 0.365 e. The zero-order chi connectivity index (χ0) is 17.3. The zero-order valence-corrected chi connectivity index (χ0v) is 15.0. The van der Waals surface area contributed by atoms with Gasteiger partial charge in [-0.3, -0.25) is 9.48 Å². The Balaban J connectivity index is 1.82. The van der Waals surface area contributed by atoms with Crippen LogP contribution in [0.15, 0.2) is 12.4 Å². The van der Waals surface area contributed by atoms with E-state index in [9.17, 15) is 13.2 Å². The highest BCUT2D eigenvalue weighted by atomic mass is 32.2. The van der Waals surface area contributed by atoms with Crippen molar-refractivity contribution < 1.29 is 17.9 Å². The Morgan fingerprint density at radius 2 is 2.17 bits per heavy atom. The molecule has 0 aromatic carbocycles. The van der Waals surface area contributed by atoms with Gasteiger partial charge < -0.3 is 9.64 Å². The van der Waals surface area contributed by atoms with Crippen molar-refractivity contribution in [2.75, 3.05) is 18.1 Å². The maximum atomic E-state index is 12.9. The molecule has 24 heavy (non-hydrogen) atoms. The Bertz CT molecular complexity index is 700. The minimum absolute atomic E-state index is 0.0150. The molecule has 2 saturated heterocycles. The van der Waals surface area contributed by atoms with E-state index < -0.39 is 22.0 Å². The summed E-state index contributed by atoms with van der Waals surface area (Å²) in [6.07, 6.45) is 5.67. The predicted molar refractivity (Wildman–Crippen MR) is 89.2 cm³/mol. The van der Waals surface area contributed by atoms with E-state index in [2.05, 4.69) is 5.10 Å². The number of carbonyl (C=O) groups is 1. The second-order valence-electron chi connectivity index (χ2n) is 6.52. The van der Waals surface area contributed by atoms with E-state index in [-0.39, 0.29) is 30.1 Å². The van der Waals surface area contributed by atoms with Crippen LogP contribution < -0.4 is 0 Å². The lowest BCUT2D eigenvalue weighted by molar-refractivity contribution is -0.145. The third-order valence-electron chi connectivity index (χ3n) is 4.91. The monoisotopic (exact) mass is 355 g/mol. The molecule has 1 aromatic heterocycles. The van der Waals surface area contributed by atoms with E-state index in [1.165, 1.54) is 0 Å². The van der Waals surface area contributed by atoms with Crippen LogP contribution in [0.25, 0.3) is 0 Å². The zero-order valence-electron chi connectivity index (χ0n) is 14.2. The van der Waals surface area contributed by atoms with Gasteiger partial charge in [-0.25, -0.2) is 8.42 Å². The number of aryl methyl sites for hydroxylation is 1. The molecule has 0 unspecified atom stereocenters. The molecular weight excluding hydrogens is 330 g/mol. The van der Waals surface area contributed by atoms with Gasteiger partial charge in [0.2, 0.25) is 0 Å². The van der Waals surface area contributed by atoms with Gasteiger partial charge in [-0.15, -0.1) is 0 Å². The molecule has 0 saturated carbocycles. The molecular formula is C16H25N3O4S. The molecule has 3 heterocycles. The fourth-order valence-corrected chi connectivity index (χ4v) is 4.94. The summed E-state index contributed by atoms with van der Waals surface area (Å²) < 4.78 is 31.8. The van der Waals surface area contributed by atoms with E-state index in [1.54, 1.807) is 15.8 Å². The highest BCUT2D eigenvalue weighted by molar-refractivity contribution is 7.91. The summed E-state index contributed by atoms with van der Waals surface area (Å²) in [5.41, 5.74) is 0.776. The Hall–Kier alpha value is -1.41. The highest BCUT2D eigenvalue weighted by Gasteiger charge is 2.40. The van der Waals surface area contributed by atoms with Gasteiger partial charge in [0.15, 0.2) is 9.84 Å². The van der Waals surface area contributed by atoms with Gasteiger partial charge in [-0.2, -0.15) is 5.10 Å². The van der Waals surface area contributed by atoms with Gasteiger partial charge in [-0.05, 0) is 26.2 Å². The van der Waals surface area contributed by atoms with Crippen molar-refractivity contribution in [2.45, 2.75) is 57.9 Å². The van der Waals surface area contributed by atoms with Crippen molar-refractivity contribution in [3.8, 4) is 0 Å². The quantitative estimate of drug-likeness (QED) is 0.809. The van der Waals surface area contributed by atoms with Crippen LogP contribution in [-0.4, -0.2) is 59.3 Å². The first-order valence-electron chi connectivity index (χ1n) is 8.62. The lowest BCUT2D eigenvalue weighted by Crippen LogP contribution is -2.49. The average Bonchev–Trinajstić information content (AvgIpc) is 3.22. The van der Waals surface area contributed by atoms with Gasteiger partial charge >= 0.3 is 0 Å². The smallest absolute Gasteiger partial charge is 0.252 e. The third-order valence-corrected chi connectivity index (χ3v) is 6.54. The SMILES string of the molecule is CC[C@@H]1CC[C@@H](C(=O)N2CCS(=O)(=O)C[C@H]2c2cnn(CC)c2)O1. The fraction of sp³-hybridized carbons (Fsp3) is 0.750. The van der Waals surface area contributed by atoms with Crippen LogP contribution in [0.3, 0.4) is 0 Å². The summed E-state index contributed by atoms with van der Waals surface area (Å²) in [7, 11) is -3.15. The first-order valence-corrected chi connectivity index (χ1v) is 10.4. The van der Waals surface area contributed by atoms with Crippen LogP contribution in [0.1, 0.15) is 44.7 Å². The molecule has 0 spiro atoms. The van der Waals surface area contributed by atoms with Crippen LogP contribution in [0, 0.1) is 0 Å². The summed E-state index contributed by atoms with van der Waals surface area (Å²) in [5.74, 6) is -0.116. The number of amides is 1. The lowest BCUT2D eigenvalue weighted by atomic mass is 10.1.